The summed E-state index contributed by atoms with van der Waals surface area (Å²) in [4.78, 5) is 11.1. The number of nitrogens with zero attached hydrogens (tertiary/aromatic N) is 1. The Morgan fingerprint density at radius 2 is 2.08 bits per heavy atom. The molecule has 0 aromatic carbocycles. The van der Waals surface area contributed by atoms with Gasteiger partial charge in [-0.15, -0.1) is 0 Å². The van der Waals surface area contributed by atoms with E-state index in [9.17, 15) is 4.79 Å². The van der Waals surface area contributed by atoms with Crippen LogP contribution in [-0.4, -0.2) is 12.5 Å². The Bertz CT molecular complexity index is 201. The van der Waals surface area contributed by atoms with Crippen LogP contribution in [-0.2, 0) is 4.79 Å². The van der Waals surface area contributed by atoms with Crippen LogP contribution in [0.2, 0.25) is 0 Å². The molecule has 0 aromatic heterocycles. The first-order chi connectivity index (χ1) is 5.39. The van der Waals surface area contributed by atoms with Crippen molar-refractivity contribution in [2.45, 2.75) is 27.7 Å². The smallest absolute Gasteiger partial charge is 0.222 e. The van der Waals surface area contributed by atoms with Crippen molar-refractivity contribution in [3.05, 3.63) is 0 Å². The molecule has 3 heteroatoms. The Kier molecular flexibility index (Phi) is 3.75. The molecule has 3 nitrogen and oxygen atoms in total. The summed E-state index contributed by atoms with van der Waals surface area (Å²) in [6, 6.07) is 2.12. The molecular weight excluding hydrogens is 152 g/mol. The molecule has 0 bridgehead atoms. The van der Waals surface area contributed by atoms with Crippen molar-refractivity contribution in [3.63, 3.8) is 0 Å². The van der Waals surface area contributed by atoms with Gasteiger partial charge in [-0.3, -0.25) is 4.79 Å². The maximum Gasteiger partial charge on any atom is 0.222 e. The van der Waals surface area contributed by atoms with E-state index in [2.05, 4.69) is 11.4 Å². The lowest BCUT2D eigenvalue weighted by Crippen LogP contribution is -2.35. The molecule has 12 heavy (non-hydrogen) atoms. The van der Waals surface area contributed by atoms with E-state index in [-0.39, 0.29) is 11.8 Å². The van der Waals surface area contributed by atoms with Crippen molar-refractivity contribution in [1.82, 2.24) is 5.32 Å². The Morgan fingerprint density at radius 3 is 2.42 bits per heavy atom. The Morgan fingerprint density at radius 1 is 1.58 bits per heavy atom. The lowest BCUT2D eigenvalue weighted by atomic mass is 9.96. The average molecular weight is 168 g/mol. The predicted molar refractivity (Wildman–Crippen MR) is 47.2 cm³/mol. The van der Waals surface area contributed by atoms with Crippen LogP contribution < -0.4 is 5.32 Å². The zero-order valence-electron chi connectivity index (χ0n) is 8.14. The van der Waals surface area contributed by atoms with Crippen molar-refractivity contribution < 1.29 is 4.79 Å². The van der Waals surface area contributed by atoms with E-state index in [1.54, 1.807) is 13.8 Å². The van der Waals surface area contributed by atoms with Gasteiger partial charge in [-0.1, -0.05) is 13.8 Å². The number of hydrogen-bond acceptors (Lipinski definition) is 2. The summed E-state index contributed by atoms with van der Waals surface area (Å²) in [7, 11) is 0. The van der Waals surface area contributed by atoms with E-state index >= 15 is 0 Å². The second-order valence-electron chi connectivity index (χ2n) is 3.87. The number of hydrogen-bond donors (Lipinski definition) is 1. The first-order valence-corrected chi connectivity index (χ1v) is 4.08. The van der Waals surface area contributed by atoms with Gasteiger partial charge in [-0.05, 0) is 13.8 Å². The SMILES string of the molecule is CC(C)C(=O)NCC(C)(C)C#N. The second kappa shape index (κ2) is 4.10. The van der Waals surface area contributed by atoms with Crippen LogP contribution >= 0.6 is 0 Å². The molecule has 0 rings (SSSR count). The third-order valence-electron chi connectivity index (χ3n) is 1.53. The summed E-state index contributed by atoms with van der Waals surface area (Å²) in [6.45, 7) is 7.67. The number of nitriles is 1. The number of rotatable bonds is 3. The molecule has 1 N–H and O–H groups in total. The van der Waals surface area contributed by atoms with Crippen LogP contribution in [0.3, 0.4) is 0 Å². The molecule has 0 heterocycles. The summed E-state index contributed by atoms with van der Waals surface area (Å²) in [5, 5.41) is 11.4. The first-order valence-electron chi connectivity index (χ1n) is 4.08. The quantitative estimate of drug-likeness (QED) is 0.690. The van der Waals surface area contributed by atoms with Gasteiger partial charge in [0.15, 0.2) is 0 Å². The van der Waals surface area contributed by atoms with Gasteiger partial charge in [-0.25, -0.2) is 0 Å². The van der Waals surface area contributed by atoms with Crippen molar-refractivity contribution in [2.75, 3.05) is 6.54 Å². The molecule has 0 aliphatic carbocycles. The van der Waals surface area contributed by atoms with Crippen molar-refractivity contribution in [3.8, 4) is 6.07 Å². The van der Waals surface area contributed by atoms with E-state index < -0.39 is 5.41 Å². The number of amides is 1. The van der Waals surface area contributed by atoms with E-state index in [0.29, 0.717) is 6.54 Å². The highest BCUT2D eigenvalue weighted by atomic mass is 16.1. The Hall–Kier alpha value is -1.04. The van der Waals surface area contributed by atoms with Crippen molar-refractivity contribution in [1.29, 1.82) is 5.26 Å². The summed E-state index contributed by atoms with van der Waals surface area (Å²) in [6.07, 6.45) is 0. The van der Waals surface area contributed by atoms with E-state index in [0.717, 1.165) is 0 Å². The molecule has 68 valence electrons. The van der Waals surface area contributed by atoms with E-state index in [4.69, 9.17) is 5.26 Å². The van der Waals surface area contributed by atoms with E-state index in [1.165, 1.54) is 0 Å². The minimum Gasteiger partial charge on any atom is -0.354 e. The summed E-state index contributed by atoms with van der Waals surface area (Å²) in [5.41, 5.74) is -0.468. The minimum atomic E-state index is -0.468. The fourth-order valence-corrected chi connectivity index (χ4v) is 0.552. The maximum absolute atomic E-state index is 11.1. The number of nitrogens with one attached hydrogen (secondary N) is 1. The highest BCUT2D eigenvalue weighted by Crippen LogP contribution is 2.10. The van der Waals surface area contributed by atoms with Crippen LogP contribution in [0, 0.1) is 22.7 Å². The van der Waals surface area contributed by atoms with Crippen LogP contribution in [0.4, 0.5) is 0 Å². The summed E-state index contributed by atoms with van der Waals surface area (Å²) >= 11 is 0. The highest BCUT2D eigenvalue weighted by molar-refractivity contribution is 5.77. The molecule has 0 atom stereocenters. The molecular formula is C9H16N2O. The lowest BCUT2D eigenvalue weighted by molar-refractivity contribution is -0.124. The van der Waals surface area contributed by atoms with Gasteiger partial charge in [0, 0.05) is 12.5 Å². The monoisotopic (exact) mass is 168 g/mol. The summed E-state index contributed by atoms with van der Waals surface area (Å²) < 4.78 is 0. The summed E-state index contributed by atoms with van der Waals surface area (Å²) in [5.74, 6) is -0.0159. The Balaban J connectivity index is 3.86. The van der Waals surface area contributed by atoms with Gasteiger partial charge in [0.1, 0.15) is 0 Å². The van der Waals surface area contributed by atoms with Crippen molar-refractivity contribution >= 4 is 5.91 Å². The number of carbonyl (C=O) groups is 1. The lowest BCUT2D eigenvalue weighted by Gasteiger charge is -2.16. The molecule has 0 saturated carbocycles. The standard InChI is InChI=1S/C9H16N2O/c1-7(2)8(12)11-6-9(3,4)5-10/h7H,6H2,1-4H3,(H,11,12). The fraction of sp³-hybridized carbons (Fsp3) is 0.778. The first kappa shape index (κ1) is 11.0. The minimum absolute atomic E-state index is 0.00155. The molecule has 0 radical (unpaired) electrons. The molecule has 0 spiro atoms. The zero-order chi connectivity index (χ0) is 9.78. The van der Waals surface area contributed by atoms with Gasteiger partial charge in [0.25, 0.3) is 0 Å². The second-order valence-corrected chi connectivity index (χ2v) is 3.87. The molecule has 0 unspecified atom stereocenters. The molecule has 0 aliphatic heterocycles. The van der Waals surface area contributed by atoms with E-state index in [1.807, 2.05) is 13.8 Å². The van der Waals surface area contributed by atoms with Crippen LogP contribution in [0.15, 0.2) is 0 Å². The molecule has 1 amide bonds. The highest BCUT2D eigenvalue weighted by Gasteiger charge is 2.18. The maximum atomic E-state index is 11.1. The van der Waals surface area contributed by atoms with Gasteiger partial charge in [0.2, 0.25) is 5.91 Å². The Labute approximate surface area is 73.8 Å². The van der Waals surface area contributed by atoms with Gasteiger partial charge in [0.05, 0.1) is 11.5 Å². The fourth-order valence-electron chi connectivity index (χ4n) is 0.552. The van der Waals surface area contributed by atoms with Gasteiger partial charge in [-0.2, -0.15) is 5.26 Å². The molecule has 0 saturated heterocycles. The van der Waals surface area contributed by atoms with Gasteiger partial charge >= 0.3 is 0 Å². The normalized spacial score (nSPS) is 11.0. The predicted octanol–water partition coefficient (Wildman–Crippen LogP) is 1.31. The molecule has 0 aliphatic rings. The molecule has 0 aromatic rings. The zero-order valence-corrected chi connectivity index (χ0v) is 8.14. The van der Waals surface area contributed by atoms with Crippen molar-refractivity contribution in [2.24, 2.45) is 11.3 Å². The largest absolute Gasteiger partial charge is 0.354 e. The average Bonchev–Trinajstić information content (AvgIpc) is 2.00. The third kappa shape index (κ3) is 3.97. The van der Waals surface area contributed by atoms with Crippen LogP contribution in [0.5, 0.6) is 0 Å². The van der Waals surface area contributed by atoms with Crippen LogP contribution in [0.25, 0.3) is 0 Å². The number of carbonyl (C=O) groups excluding carboxylic acids is 1. The molecule has 0 fully saturated rings. The topological polar surface area (TPSA) is 52.9 Å². The van der Waals surface area contributed by atoms with Crippen LogP contribution in [0.1, 0.15) is 27.7 Å². The van der Waals surface area contributed by atoms with Gasteiger partial charge < -0.3 is 5.32 Å². The third-order valence-corrected chi connectivity index (χ3v) is 1.53.